The van der Waals surface area contributed by atoms with Crippen LogP contribution in [0.1, 0.15) is 27.7 Å². The number of anilines is 1. The average molecular weight is 331 g/mol. The Morgan fingerprint density at radius 2 is 1.88 bits per heavy atom. The second kappa shape index (κ2) is 6.06. The summed E-state index contributed by atoms with van der Waals surface area (Å²) in [7, 11) is 3.32. The predicted molar refractivity (Wildman–Crippen MR) is 96.8 cm³/mol. The van der Waals surface area contributed by atoms with Crippen LogP contribution in [0.15, 0.2) is 18.2 Å². The lowest BCUT2D eigenvalue weighted by Crippen LogP contribution is -2.41. The first kappa shape index (κ1) is 17.3. The molecule has 0 saturated carbocycles. The van der Waals surface area contributed by atoms with Crippen molar-refractivity contribution in [2.24, 2.45) is 7.05 Å². The molecule has 2 aromatic rings. The first-order chi connectivity index (χ1) is 11.2. The van der Waals surface area contributed by atoms with Crippen LogP contribution in [-0.4, -0.2) is 48.1 Å². The third kappa shape index (κ3) is 2.92. The van der Waals surface area contributed by atoms with Crippen molar-refractivity contribution in [1.29, 1.82) is 0 Å². The smallest absolute Gasteiger partial charge is 0.399 e. The van der Waals surface area contributed by atoms with E-state index in [4.69, 9.17) is 14.0 Å². The summed E-state index contributed by atoms with van der Waals surface area (Å²) in [6, 6.07) is 6.12. The zero-order valence-electron chi connectivity index (χ0n) is 15.3. The lowest BCUT2D eigenvalue weighted by molar-refractivity contribution is 0.00578. The number of ether oxygens (including phenoxy) is 1. The lowest BCUT2D eigenvalue weighted by Gasteiger charge is -2.32. The number of nitrogens with one attached hydrogen (secondary N) is 1. The van der Waals surface area contributed by atoms with E-state index < -0.39 is 0 Å². The Balaban J connectivity index is 1.88. The van der Waals surface area contributed by atoms with Gasteiger partial charge in [-0.05, 0) is 45.3 Å². The van der Waals surface area contributed by atoms with E-state index in [0.717, 1.165) is 29.0 Å². The van der Waals surface area contributed by atoms with Crippen molar-refractivity contribution in [3.63, 3.8) is 0 Å². The molecule has 24 heavy (non-hydrogen) atoms. The Labute approximate surface area is 143 Å². The summed E-state index contributed by atoms with van der Waals surface area (Å²) in [6.07, 6.45) is 0. The predicted octanol–water partition coefficient (Wildman–Crippen LogP) is 1.93. The molecule has 1 aromatic carbocycles. The Morgan fingerprint density at radius 1 is 1.21 bits per heavy atom. The number of nitrogens with zero attached hydrogens (tertiary/aromatic N) is 2. The summed E-state index contributed by atoms with van der Waals surface area (Å²) < 4.78 is 19.4. The Morgan fingerprint density at radius 3 is 2.50 bits per heavy atom. The minimum absolute atomic E-state index is 0.341. The molecule has 1 N–H and O–H groups in total. The fourth-order valence-electron chi connectivity index (χ4n) is 2.76. The van der Waals surface area contributed by atoms with Gasteiger partial charge in [0, 0.05) is 20.7 Å². The van der Waals surface area contributed by atoms with Crippen molar-refractivity contribution in [3.05, 3.63) is 18.2 Å². The summed E-state index contributed by atoms with van der Waals surface area (Å²) in [5, 5.41) is 3.28. The second-order valence-corrected chi connectivity index (χ2v) is 7.25. The van der Waals surface area contributed by atoms with Crippen LogP contribution in [0.4, 0.5) is 5.95 Å². The average Bonchev–Trinajstić information content (AvgIpc) is 2.93. The molecule has 0 radical (unpaired) electrons. The van der Waals surface area contributed by atoms with Crippen molar-refractivity contribution in [2.45, 2.75) is 38.9 Å². The molecule has 1 aromatic heterocycles. The molecule has 0 atom stereocenters. The maximum Gasteiger partial charge on any atom is 0.494 e. The van der Waals surface area contributed by atoms with E-state index in [9.17, 15) is 0 Å². The van der Waals surface area contributed by atoms with Crippen LogP contribution in [0.5, 0.6) is 0 Å². The third-order valence-corrected chi connectivity index (χ3v) is 5.02. The lowest BCUT2D eigenvalue weighted by atomic mass is 9.79. The molecule has 3 rings (SSSR count). The van der Waals surface area contributed by atoms with Crippen LogP contribution in [0, 0.1) is 0 Å². The number of hydrogen-bond acceptors (Lipinski definition) is 5. The fourth-order valence-corrected chi connectivity index (χ4v) is 2.76. The number of fused-ring (bicyclic) bond motifs is 1. The van der Waals surface area contributed by atoms with Gasteiger partial charge in [-0.15, -0.1) is 0 Å². The summed E-state index contributed by atoms with van der Waals surface area (Å²) in [5.74, 6) is 0.827. The molecule has 0 aliphatic carbocycles. The van der Waals surface area contributed by atoms with Gasteiger partial charge in [0.2, 0.25) is 5.95 Å². The van der Waals surface area contributed by atoms with Gasteiger partial charge >= 0.3 is 7.12 Å². The Kier molecular flexibility index (Phi) is 4.36. The highest BCUT2D eigenvalue weighted by atomic mass is 16.7. The topological polar surface area (TPSA) is 57.5 Å². The minimum Gasteiger partial charge on any atom is -0.399 e. The van der Waals surface area contributed by atoms with Gasteiger partial charge in [0.15, 0.2) is 0 Å². The summed E-state index contributed by atoms with van der Waals surface area (Å²) in [4.78, 5) is 4.62. The van der Waals surface area contributed by atoms with Gasteiger partial charge in [-0.25, -0.2) is 4.98 Å². The summed E-state index contributed by atoms with van der Waals surface area (Å²) in [6.45, 7) is 9.61. The normalized spacial score (nSPS) is 19.2. The quantitative estimate of drug-likeness (QED) is 0.670. The number of aryl methyl sites for hydroxylation is 1. The zero-order chi connectivity index (χ0) is 17.5. The van der Waals surface area contributed by atoms with Crippen molar-refractivity contribution in [3.8, 4) is 0 Å². The first-order valence-corrected chi connectivity index (χ1v) is 8.30. The fraction of sp³-hybridized carbons (Fsp3) is 0.588. The van der Waals surface area contributed by atoms with Crippen LogP contribution in [0.25, 0.3) is 11.0 Å². The van der Waals surface area contributed by atoms with E-state index in [2.05, 4.69) is 44.1 Å². The van der Waals surface area contributed by atoms with E-state index in [0.29, 0.717) is 6.61 Å². The molecule has 0 amide bonds. The molecule has 0 spiro atoms. The highest BCUT2D eigenvalue weighted by Crippen LogP contribution is 2.36. The molecule has 1 fully saturated rings. The van der Waals surface area contributed by atoms with Gasteiger partial charge in [0.1, 0.15) is 0 Å². The zero-order valence-corrected chi connectivity index (χ0v) is 15.3. The standard InChI is InChI=1S/C17H26BN3O3/c1-16(2)17(3,4)24-18(23-16)12-7-8-13-14(11-12)21(5)15(20-13)19-9-10-22-6/h7-8,11H,9-10H2,1-6H3,(H,19,20). The first-order valence-electron chi connectivity index (χ1n) is 8.30. The third-order valence-electron chi connectivity index (χ3n) is 5.02. The van der Waals surface area contributed by atoms with Crippen LogP contribution in [0.3, 0.4) is 0 Å². The van der Waals surface area contributed by atoms with Gasteiger partial charge in [-0.3, -0.25) is 0 Å². The number of rotatable bonds is 5. The largest absolute Gasteiger partial charge is 0.494 e. The number of aromatic nitrogens is 2. The SMILES string of the molecule is COCCNc1nc2ccc(B3OC(C)(C)C(C)(C)O3)cc2n1C. The molecular weight excluding hydrogens is 305 g/mol. The maximum absolute atomic E-state index is 6.14. The van der Waals surface area contributed by atoms with Crippen molar-refractivity contribution in [2.75, 3.05) is 25.6 Å². The summed E-state index contributed by atoms with van der Waals surface area (Å²) >= 11 is 0. The van der Waals surface area contributed by atoms with Crippen molar-refractivity contribution >= 4 is 29.6 Å². The Bertz CT molecular complexity index is 726. The molecule has 1 aliphatic rings. The van der Waals surface area contributed by atoms with Crippen LogP contribution < -0.4 is 10.8 Å². The number of imidazole rings is 1. The highest BCUT2D eigenvalue weighted by Gasteiger charge is 2.51. The molecule has 7 heteroatoms. The van der Waals surface area contributed by atoms with Gasteiger partial charge in [0.25, 0.3) is 0 Å². The van der Waals surface area contributed by atoms with Crippen LogP contribution in [0.2, 0.25) is 0 Å². The number of methoxy groups -OCH3 is 1. The van der Waals surface area contributed by atoms with Gasteiger partial charge < -0.3 is 23.9 Å². The Hall–Kier alpha value is -1.57. The monoisotopic (exact) mass is 331 g/mol. The van der Waals surface area contributed by atoms with E-state index in [-0.39, 0.29) is 18.3 Å². The van der Waals surface area contributed by atoms with Crippen LogP contribution >= 0.6 is 0 Å². The van der Waals surface area contributed by atoms with E-state index in [1.54, 1.807) is 7.11 Å². The van der Waals surface area contributed by atoms with E-state index in [1.165, 1.54) is 0 Å². The molecule has 1 saturated heterocycles. The molecule has 130 valence electrons. The van der Waals surface area contributed by atoms with Gasteiger partial charge in [-0.1, -0.05) is 6.07 Å². The molecular formula is C17H26BN3O3. The molecule has 1 aliphatic heterocycles. The summed E-state index contributed by atoms with van der Waals surface area (Å²) in [5.41, 5.74) is 2.31. The van der Waals surface area contributed by atoms with Crippen LogP contribution in [-0.2, 0) is 21.1 Å². The van der Waals surface area contributed by atoms with Crippen molar-refractivity contribution in [1.82, 2.24) is 9.55 Å². The second-order valence-electron chi connectivity index (χ2n) is 7.25. The maximum atomic E-state index is 6.14. The minimum atomic E-state index is -0.362. The molecule has 0 unspecified atom stereocenters. The molecule has 6 nitrogen and oxygen atoms in total. The molecule has 0 bridgehead atoms. The highest BCUT2D eigenvalue weighted by molar-refractivity contribution is 6.62. The van der Waals surface area contributed by atoms with E-state index >= 15 is 0 Å². The number of benzene rings is 1. The number of hydrogen-bond donors (Lipinski definition) is 1. The van der Waals surface area contributed by atoms with Gasteiger partial charge in [-0.2, -0.15) is 0 Å². The van der Waals surface area contributed by atoms with E-state index in [1.807, 2.05) is 23.7 Å². The van der Waals surface area contributed by atoms with Gasteiger partial charge in [0.05, 0.1) is 28.8 Å². The van der Waals surface area contributed by atoms with Crippen molar-refractivity contribution < 1.29 is 14.0 Å². The molecule has 2 heterocycles.